The molecule has 1 unspecified atom stereocenters. The molecule has 0 saturated carbocycles. The van der Waals surface area contributed by atoms with Crippen LogP contribution in [0.4, 0.5) is 4.79 Å². The Balaban J connectivity index is 1.55. The van der Waals surface area contributed by atoms with E-state index in [-0.39, 0.29) is 6.03 Å². The Labute approximate surface area is 142 Å². The van der Waals surface area contributed by atoms with E-state index in [0.29, 0.717) is 32.5 Å². The molecule has 1 aliphatic rings. The number of halogens is 1. The number of carbonyl (C=O) groups excluding carboxylic acids is 1. The zero-order chi connectivity index (χ0) is 16.4. The number of nitrogens with zero attached hydrogens (tertiary/aromatic N) is 1. The van der Waals surface area contributed by atoms with Gasteiger partial charge >= 0.3 is 12.0 Å². The fourth-order valence-corrected chi connectivity index (χ4v) is 3.59. The standard InChI is InChI=1S/C16H18BrN3O3/c17-12-2-1-3-13-14(12)10(8-19-13)4-6-18-16(23)20-7-5-11(9-20)15(21)22/h1-3,8,11,19H,4-7,9H2,(H,18,23)(H,21,22). The lowest BCUT2D eigenvalue weighted by Crippen LogP contribution is -2.39. The van der Waals surface area contributed by atoms with Crippen molar-refractivity contribution in [3.05, 3.63) is 34.4 Å². The van der Waals surface area contributed by atoms with Crippen LogP contribution in [-0.4, -0.2) is 46.6 Å². The van der Waals surface area contributed by atoms with Gasteiger partial charge in [0.2, 0.25) is 0 Å². The lowest BCUT2D eigenvalue weighted by Gasteiger charge is -2.16. The van der Waals surface area contributed by atoms with Gasteiger partial charge in [0.15, 0.2) is 0 Å². The topological polar surface area (TPSA) is 85.4 Å². The van der Waals surface area contributed by atoms with Crippen LogP contribution in [0.25, 0.3) is 10.9 Å². The van der Waals surface area contributed by atoms with Crippen molar-refractivity contribution < 1.29 is 14.7 Å². The van der Waals surface area contributed by atoms with Gasteiger partial charge < -0.3 is 20.3 Å². The minimum atomic E-state index is -0.830. The molecular formula is C16H18BrN3O3. The van der Waals surface area contributed by atoms with Crippen molar-refractivity contribution >= 4 is 38.8 Å². The second-order valence-electron chi connectivity index (χ2n) is 5.73. The number of fused-ring (bicyclic) bond motifs is 1. The van der Waals surface area contributed by atoms with Gasteiger partial charge in [0.05, 0.1) is 5.92 Å². The number of aliphatic carboxylic acids is 1. The second-order valence-corrected chi connectivity index (χ2v) is 6.58. The summed E-state index contributed by atoms with van der Waals surface area (Å²) in [7, 11) is 0. The number of aromatic nitrogens is 1. The van der Waals surface area contributed by atoms with E-state index in [1.165, 1.54) is 0 Å². The molecule has 1 fully saturated rings. The first-order chi connectivity index (χ1) is 11.1. The first-order valence-corrected chi connectivity index (χ1v) is 8.35. The van der Waals surface area contributed by atoms with Crippen molar-refractivity contribution in [2.75, 3.05) is 19.6 Å². The van der Waals surface area contributed by atoms with Crippen molar-refractivity contribution in [1.82, 2.24) is 15.2 Å². The molecule has 23 heavy (non-hydrogen) atoms. The van der Waals surface area contributed by atoms with E-state index < -0.39 is 11.9 Å². The van der Waals surface area contributed by atoms with Gasteiger partial charge in [-0.25, -0.2) is 4.79 Å². The van der Waals surface area contributed by atoms with E-state index in [1.54, 1.807) is 4.90 Å². The Hall–Kier alpha value is -2.02. The van der Waals surface area contributed by atoms with Crippen LogP contribution >= 0.6 is 15.9 Å². The van der Waals surface area contributed by atoms with Gasteiger partial charge in [-0.15, -0.1) is 0 Å². The first-order valence-electron chi connectivity index (χ1n) is 7.56. The molecular weight excluding hydrogens is 362 g/mol. The second kappa shape index (κ2) is 6.62. The summed E-state index contributed by atoms with van der Waals surface area (Å²) in [5.74, 6) is -1.27. The van der Waals surface area contributed by atoms with Crippen molar-refractivity contribution in [3.63, 3.8) is 0 Å². The van der Waals surface area contributed by atoms with Crippen LogP contribution in [0, 0.1) is 5.92 Å². The highest BCUT2D eigenvalue weighted by molar-refractivity contribution is 9.10. The minimum Gasteiger partial charge on any atom is -0.481 e. The average Bonchev–Trinajstić information content (AvgIpc) is 3.15. The monoisotopic (exact) mass is 379 g/mol. The molecule has 1 aromatic heterocycles. The number of nitrogens with one attached hydrogen (secondary N) is 2. The summed E-state index contributed by atoms with van der Waals surface area (Å²) in [4.78, 5) is 27.8. The Morgan fingerprint density at radius 1 is 1.43 bits per heavy atom. The summed E-state index contributed by atoms with van der Waals surface area (Å²) in [6, 6.07) is 5.79. The number of carboxylic acids is 1. The third-order valence-corrected chi connectivity index (χ3v) is 4.89. The van der Waals surface area contributed by atoms with E-state index >= 15 is 0 Å². The van der Waals surface area contributed by atoms with E-state index in [9.17, 15) is 9.59 Å². The zero-order valence-corrected chi connectivity index (χ0v) is 14.1. The fraction of sp³-hybridized carbons (Fsp3) is 0.375. The first kappa shape index (κ1) is 15.9. The summed E-state index contributed by atoms with van der Waals surface area (Å²) in [6.07, 6.45) is 3.20. The molecule has 1 aliphatic heterocycles. The maximum Gasteiger partial charge on any atom is 0.317 e. The normalized spacial score (nSPS) is 17.6. The molecule has 122 valence electrons. The number of carbonyl (C=O) groups is 2. The molecule has 2 aromatic rings. The highest BCUT2D eigenvalue weighted by Crippen LogP contribution is 2.27. The molecule has 3 N–H and O–H groups in total. The van der Waals surface area contributed by atoms with Gasteiger partial charge in [0.1, 0.15) is 0 Å². The number of urea groups is 1. The van der Waals surface area contributed by atoms with Crippen LogP contribution in [0.3, 0.4) is 0 Å². The van der Waals surface area contributed by atoms with Crippen molar-refractivity contribution in [2.45, 2.75) is 12.8 Å². The highest BCUT2D eigenvalue weighted by Gasteiger charge is 2.30. The lowest BCUT2D eigenvalue weighted by atomic mass is 10.1. The molecule has 1 aromatic carbocycles. The molecule has 7 heteroatoms. The van der Waals surface area contributed by atoms with Gasteiger partial charge in [0.25, 0.3) is 0 Å². The van der Waals surface area contributed by atoms with Gasteiger partial charge in [-0.05, 0) is 30.5 Å². The molecule has 0 spiro atoms. The van der Waals surface area contributed by atoms with Crippen LogP contribution in [0.1, 0.15) is 12.0 Å². The Morgan fingerprint density at radius 2 is 2.26 bits per heavy atom. The van der Waals surface area contributed by atoms with Gasteiger partial charge in [0, 0.05) is 41.2 Å². The van der Waals surface area contributed by atoms with Crippen molar-refractivity contribution in [3.8, 4) is 0 Å². The Morgan fingerprint density at radius 3 is 3.00 bits per heavy atom. The van der Waals surface area contributed by atoms with Gasteiger partial charge in [-0.2, -0.15) is 0 Å². The smallest absolute Gasteiger partial charge is 0.317 e. The number of rotatable bonds is 4. The predicted molar refractivity (Wildman–Crippen MR) is 90.4 cm³/mol. The number of hydrogen-bond acceptors (Lipinski definition) is 2. The summed E-state index contributed by atoms with van der Waals surface area (Å²) >= 11 is 3.55. The molecule has 1 saturated heterocycles. The number of amides is 2. The third kappa shape index (κ3) is 3.34. The third-order valence-electron chi connectivity index (χ3n) is 4.23. The Bertz CT molecular complexity index is 743. The van der Waals surface area contributed by atoms with Crippen LogP contribution in [0.5, 0.6) is 0 Å². The SMILES string of the molecule is O=C(O)C1CCN(C(=O)NCCc2c[nH]c3cccc(Br)c23)C1. The number of benzene rings is 1. The number of hydrogen-bond donors (Lipinski definition) is 3. The molecule has 0 aliphatic carbocycles. The van der Waals surface area contributed by atoms with Crippen LogP contribution < -0.4 is 5.32 Å². The molecule has 0 bridgehead atoms. The van der Waals surface area contributed by atoms with Crippen molar-refractivity contribution in [2.24, 2.45) is 5.92 Å². The van der Waals surface area contributed by atoms with Gasteiger partial charge in [-0.1, -0.05) is 22.0 Å². The maximum atomic E-state index is 12.1. The van der Waals surface area contributed by atoms with E-state index in [2.05, 4.69) is 26.2 Å². The van der Waals surface area contributed by atoms with Crippen LogP contribution in [-0.2, 0) is 11.2 Å². The molecule has 2 heterocycles. The van der Waals surface area contributed by atoms with E-state index in [4.69, 9.17) is 5.11 Å². The lowest BCUT2D eigenvalue weighted by molar-refractivity contribution is -0.141. The zero-order valence-electron chi connectivity index (χ0n) is 12.5. The number of H-pyrrole nitrogens is 1. The molecule has 0 radical (unpaired) electrons. The number of carboxylic acid groups (broad SMARTS) is 1. The van der Waals surface area contributed by atoms with Crippen LogP contribution in [0.15, 0.2) is 28.9 Å². The Kier molecular flexibility index (Phi) is 4.56. The minimum absolute atomic E-state index is 0.187. The molecule has 6 nitrogen and oxygen atoms in total. The van der Waals surface area contributed by atoms with E-state index in [0.717, 1.165) is 20.9 Å². The quantitative estimate of drug-likeness (QED) is 0.762. The summed E-state index contributed by atoms with van der Waals surface area (Å²) < 4.78 is 1.03. The van der Waals surface area contributed by atoms with Crippen LogP contribution in [0.2, 0.25) is 0 Å². The average molecular weight is 380 g/mol. The number of aromatic amines is 1. The number of likely N-dealkylation sites (tertiary alicyclic amines) is 1. The fourth-order valence-electron chi connectivity index (χ4n) is 2.97. The molecule has 3 rings (SSSR count). The summed E-state index contributed by atoms with van der Waals surface area (Å²) in [5.41, 5.74) is 2.20. The van der Waals surface area contributed by atoms with Gasteiger partial charge in [-0.3, -0.25) is 4.79 Å². The summed E-state index contributed by atoms with van der Waals surface area (Å²) in [6.45, 7) is 1.31. The predicted octanol–water partition coefficient (Wildman–Crippen LogP) is 2.59. The molecule has 2 amide bonds. The summed E-state index contributed by atoms with van der Waals surface area (Å²) in [5, 5.41) is 13.0. The van der Waals surface area contributed by atoms with E-state index in [1.807, 2.05) is 24.4 Å². The maximum absolute atomic E-state index is 12.1. The van der Waals surface area contributed by atoms with Crippen molar-refractivity contribution in [1.29, 1.82) is 0 Å². The highest BCUT2D eigenvalue weighted by atomic mass is 79.9. The largest absolute Gasteiger partial charge is 0.481 e. The molecule has 1 atom stereocenters.